The van der Waals surface area contributed by atoms with Crippen LogP contribution >= 0.6 is 11.8 Å². The van der Waals surface area contributed by atoms with E-state index in [-0.39, 0.29) is 12.6 Å². The zero-order valence-electron chi connectivity index (χ0n) is 16.5. The van der Waals surface area contributed by atoms with Gasteiger partial charge in [-0.1, -0.05) is 12.1 Å². The number of aliphatic hydroxyl groups is 1. The molecule has 5 nitrogen and oxygen atoms in total. The quantitative estimate of drug-likeness (QED) is 0.556. The summed E-state index contributed by atoms with van der Waals surface area (Å²) >= 11 is 1.79. The van der Waals surface area contributed by atoms with Crippen LogP contribution in [0.5, 0.6) is 23.0 Å². The minimum absolute atomic E-state index is 0.0226. The van der Waals surface area contributed by atoms with Crippen molar-refractivity contribution in [3.8, 4) is 23.0 Å². The number of aliphatic imine (C=N–C) groups is 1. The van der Waals surface area contributed by atoms with Gasteiger partial charge in [0, 0.05) is 23.9 Å². The highest BCUT2D eigenvalue weighted by Crippen LogP contribution is 2.28. The van der Waals surface area contributed by atoms with Gasteiger partial charge in [0.2, 0.25) is 0 Å². The van der Waals surface area contributed by atoms with Crippen molar-refractivity contribution >= 4 is 16.8 Å². The number of thioether (sulfide) groups is 1. The molecule has 3 aromatic carbocycles. The van der Waals surface area contributed by atoms with Gasteiger partial charge in [0.1, 0.15) is 23.0 Å². The summed E-state index contributed by atoms with van der Waals surface area (Å²) in [6.45, 7) is 0.875. The van der Waals surface area contributed by atoms with E-state index >= 15 is 0 Å². The Bertz CT molecular complexity index is 986. The molecule has 3 aromatic rings. The van der Waals surface area contributed by atoms with Crippen molar-refractivity contribution in [2.75, 3.05) is 18.9 Å². The molecule has 1 aliphatic rings. The van der Waals surface area contributed by atoms with Gasteiger partial charge in [0.25, 0.3) is 0 Å². The molecule has 0 radical (unpaired) electrons. The smallest absolute Gasteiger partial charge is 0.127 e. The van der Waals surface area contributed by atoms with Gasteiger partial charge in [0.15, 0.2) is 0 Å². The first-order chi connectivity index (χ1) is 14.7. The molecule has 4 rings (SSSR count). The predicted molar refractivity (Wildman–Crippen MR) is 122 cm³/mol. The molecule has 0 aliphatic carbocycles. The molecule has 0 bridgehead atoms. The summed E-state index contributed by atoms with van der Waals surface area (Å²) in [5.41, 5.74) is 7.98. The number of nitrogens with zero attached hydrogens (tertiary/aromatic N) is 1. The molecule has 6 heteroatoms. The molecule has 0 saturated heterocycles. The fraction of sp³-hybridized carbons (Fsp3) is 0.208. The lowest BCUT2D eigenvalue weighted by atomic mass is 10.1. The Labute approximate surface area is 180 Å². The first-order valence-electron chi connectivity index (χ1n) is 9.88. The normalized spacial score (nSPS) is 14.3. The lowest BCUT2D eigenvalue weighted by Gasteiger charge is -2.10. The average Bonchev–Trinajstić information content (AvgIpc) is 3.32. The lowest BCUT2D eigenvalue weighted by Crippen LogP contribution is -2.26. The molecule has 1 aliphatic heterocycles. The number of aliphatic hydroxyl groups excluding tert-OH is 1. The fourth-order valence-corrected chi connectivity index (χ4v) is 3.95. The lowest BCUT2D eigenvalue weighted by molar-refractivity contribution is 0.265. The van der Waals surface area contributed by atoms with Crippen LogP contribution in [-0.2, 0) is 6.42 Å². The van der Waals surface area contributed by atoms with Crippen LogP contribution in [0.25, 0.3) is 0 Å². The van der Waals surface area contributed by atoms with E-state index in [9.17, 15) is 0 Å². The number of hydrogen-bond acceptors (Lipinski definition) is 6. The van der Waals surface area contributed by atoms with E-state index in [1.807, 2.05) is 72.8 Å². The second kappa shape index (κ2) is 9.80. The summed E-state index contributed by atoms with van der Waals surface area (Å²) < 4.78 is 11.8. The van der Waals surface area contributed by atoms with E-state index < -0.39 is 0 Å². The summed E-state index contributed by atoms with van der Waals surface area (Å²) in [5.74, 6) is 4.06. The molecule has 0 amide bonds. The topological polar surface area (TPSA) is 77.1 Å². The first kappa shape index (κ1) is 20.5. The van der Waals surface area contributed by atoms with E-state index in [0.717, 1.165) is 51.5 Å². The van der Waals surface area contributed by atoms with Crippen molar-refractivity contribution in [1.82, 2.24) is 0 Å². The van der Waals surface area contributed by atoms with E-state index in [4.69, 9.17) is 20.3 Å². The van der Waals surface area contributed by atoms with Crippen LogP contribution in [-0.4, -0.2) is 35.1 Å². The molecular formula is C24H24N2O3S. The summed E-state index contributed by atoms with van der Waals surface area (Å²) in [6.07, 6.45) is 0.636. The van der Waals surface area contributed by atoms with Crippen molar-refractivity contribution in [2.24, 2.45) is 10.7 Å². The number of hydrogen-bond donors (Lipinski definition) is 2. The van der Waals surface area contributed by atoms with Crippen molar-refractivity contribution in [3.63, 3.8) is 0 Å². The van der Waals surface area contributed by atoms with Crippen LogP contribution in [0.1, 0.15) is 11.1 Å². The third-order valence-electron chi connectivity index (χ3n) is 4.64. The van der Waals surface area contributed by atoms with Crippen molar-refractivity contribution in [2.45, 2.75) is 12.5 Å². The Morgan fingerprint density at radius 2 is 1.33 bits per heavy atom. The molecule has 30 heavy (non-hydrogen) atoms. The van der Waals surface area contributed by atoms with Gasteiger partial charge < -0.3 is 20.3 Å². The minimum atomic E-state index is -0.240. The second-order valence-electron chi connectivity index (χ2n) is 7.03. The van der Waals surface area contributed by atoms with E-state index in [0.29, 0.717) is 6.42 Å². The molecular weight excluding hydrogens is 396 g/mol. The van der Waals surface area contributed by atoms with Crippen molar-refractivity contribution in [3.05, 3.63) is 83.9 Å². The van der Waals surface area contributed by atoms with E-state index in [1.54, 1.807) is 11.8 Å². The molecule has 154 valence electrons. The van der Waals surface area contributed by atoms with Crippen LogP contribution in [0.15, 0.2) is 77.8 Å². The first-order valence-corrected chi connectivity index (χ1v) is 10.9. The predicted octanol–water partition coefficient (Wildman–Crippen LogP) is 4.63. The minimum Gasteiger partial charge on any atom is -0.457 e. The maximum absolute atomic E-state index is 9.05. The van der Waals surface area contributed by atoms with Crippen LogP contribution in [0.4, 0.5) is 0 Å². The highest BCUT2D eigenvalue weighted by Gasteiger charge is 2.10. The van der Waals surface area contributed by atoms with Crippen LogP contribution in [0, 0.1) is 0 Å². The fourth-order valence-electron chi connectivity index (χ4n) is 3.08. The van der Waals surface area contributed by atoms with Gasteiger partial charge in [-0.3, -0.25) is 4.99 Å². The maximum Gasteiger partial charge on any atom is 0.127 e. The summed E-state index contributed by atoms with van der Waals surface area (Å²) in [6, 6.07) is 23.0. The largest absolute Gasteiger partial charge is 0.457 e. The molecule has 3 N–H and O–H groups in total. The molecule has 0 saturated carbocycles. The Morgan fingerprint density at radius 1 is 0.833 bits per heavy atom. The molecule has 0 fully saturated rings. The molecule has 1 heterocycles. The zero-order valence-corrected chi connectivity index (χ0v) is 17.3. The van der Waals surface area contributed by atoms with Crippen LogP contribution in [0.2, 0.25) is 0 Å². The molecule has 0 aromatic heterocycles. The average molecular weight is 421 g/mol. The summed E-state index contributed by atoms with van der Waals surface area (Å²) in [7, 11) is 0. The third kappa shape index (κ3) is 5.42. The summed E-state index contributed by atoms with van der Waals surface area (Å²) in [5, 5.41) is 10.2. The molecule has 0 unspecified atom stereocenters. The molecule has 1 atom stereocenters. The number of rotatable bonds is 8. The number of benzene rings is 3. The second-order valence-corrected chi connectivity index (χ2v) is 8.11. The van der Waals surface area contributed by atoms with Crippen LogP contribution in [0.3, 0.4) is 0 Å². The monoisotopic (exact) mass is 420 g/mol. The summed E-state index contributed by atoms with van der Waals surface area (Å²) in [4.78, 5) is 4.49. The van der Waals surface area contributed by atoms with E-state index in [1.165, 1.54) is 0 Å². The standard InChI is InChI=1S/C24H24N2O3S/c25-19(16-27)15-17-1-5-20(6-2-17)28-22-9-11-23(12-10-22)29-21-7-3-18(4-8-21)24-26-13-14-30-24/h1-12,19,27H,13-16,25H2/t19-/m0/s1. The van der Waals surface area contributed by atoms with Gasteiger partial charge in [-0.15, -0.1) is 11.8 Å². The Kier molecular flexibility index (Phi) is 6.69. The maximum atomic E-state index is 9.05. The Balaban J connectivity index is 1.33. The SMILES string of the molecule is N[C@H](CO)Cc1ccc(Oc2ccc(Oc3ccc(C4=NCCS4)cc3)cc2)cc1. The van der Waals surface area contributed by atoms with Gasteiger partial charge in [-0.2, -0.15) is 0 Å². The van der Waals surface area contributed by atoms with Gasteiger partial charge in [-0.25, -0.2) is 0 Å². The molecule has 0 spiro atoms. The zero-order chi connectivity index (χ0) is 20.8. The van der Waals surface area contributed by atoms with Crippen LogP contribution < -0.4 is 15.2 Å². The third-order valence-corrected chi connectivity index (χ3v) is 5.66. The highest BCUT2D eigenvalue weighted by atomic mass is 32.2. The number of nitrogens with two attached hydrogens (primary N) is 1. The Morgan fingerprint density at radius 3 is 1.80 bits per heavy atom. The van der Waals surface area contributed by atoms with Gasteiger partial charge in [0.05, 0.1) is 11.7 Å². The Hall–Kier alpha value is -2.80. The van der Waals surface area contributed by atoms with E-state index in [2.05, 4.69) is 4.99 Å². The van der Waals surface area contributed by atoms with Crippen molar-refractivity contribution in [1.29, 1.82) is 0 Å². The highest BCUT2D eigenvalue weighted by molar-refractivity contribution is 8.14. The van der Waals surface area contributed by atoms with Crippen molar-refractivity contribution < 1.29 is 14.6 Å². The number of ether oxygens (including phenoxy) is 2. The van der Waals surface area contributed by atoms with Gasteiger partial charge >= 0.3 is 0 Å². The van der Waals surface area contributed by atoms with Gasteiger partial charge in [-0.05, 0) is 72.6 Å².